The number of amides is 1. The summed E-state index contributed by atoms with van der Waals surface area (Å²) in [5.41, 5.74) is 0. The maximum absolute atomic E-state index is 12.5. The monoisotopic (exact) mass is 588 g/mol. The number of ketones is 3. The van der Waals surface area contributed by atoms with Crippen LogP contribution in [0.3, 0.4) is 0 Å². The highest BCUT2D eigenvalue weighted by Gasteiger charge is 2.28. The first-order valence-corrected chi connectivity index (χ1v) is 12.9. The number of hydrogen-bond acceptors (Lipinski definition) is 11. The molecule has 16 heteroatoms. The van der Waals surface area contributed by atoms with E-state index in [4.69, 9.17) is 5.11 Å². The third-order valence-corrected chi connectivity index (χ3v) is 6.19. The zero-order valence-corrected chi connectivity index (χ0v) is 23.4. The van der Waals surface area contributed by atoms with Gasteiger partial charge in [0, 0.05) is 38.6 Å². The predicted octanol–water partition coefficient (Wildman–Crippen LogP) is -1.50. The van der Waals surface area contributed by atoms with E-state index < -0.39 is 72.7 Å². The molecule has 0 aliphatic carbocycles. The lowest BCUT2D eigenvalue weighted by Crippen LogP contribution is -2.45. The van der Waals surface area contributed by atoms with Crippen molar-refractivity contribution in [2.45, 2.75) is 82.5 Å². The van der Waals surface area contributed by atoms with Crippen molar-refractivity contribution in [1.29, 1.82) is 0 Å². The van der Waals surface area contributed by atoms with Gasteiger partial charge in [-0.2, -0.15) is 0 Å². The summed E-state index contributed by atoms with van der Waals surface area (Å²) in [7, 11) is 2.75. The Labute approximate surface area is 236 Å². The molecule has 16 nitrogen and oxygen atoms in total. The zero-order valence-electron chi connectivity index (χ0n) is 23.4. The summed E-state index contributed by atoms with van der Waals surface area (Å²) in [5.74, 6) is -7.08. The van der Waals surface area contributed by atoms with Crippen LogP contribution in [0.25, 0.3) is 0 Å². The average molecular weight is 589 g/mol. The van der Waals surface area contributed by atoms with Gasteiger partial charge in [-0.25, -0.2) is 4.79 Å². The molecule has 0 saturated heterocycles. The minimum atomic E-state index is -1.36. The van der Waals surface area contributed by atoms with E-state index in [1.807, 2.05) is 0 Å². The molecule has 0 bridgehead atoms. The molecule has 0 aromatic rings. The van der Waals surface area contributed by atoms with Crippen molar-refractivity contribution >= 4 is 47.1 Å². The van der Waals surface area contributed by atoms with Crippen molar-refractivity contribution in [3.63, 3.8) is 0 Å². The molecule has 4 atom stereocenters. The number of carboxylic acids is 4. The van der Waals surface area contributed by atoms with Gasteiger partial charge in [-0.3, -0.25) is 33.7 Å². The van der Waals surface area contributed by atoms with E-state index in [-0.39, 0.29) is 63.1 Å². The van der Waals surface area contributed by atoms with Gasteiger partial charge in [0.05, 0.1) is 6.54 Å². The summed E-state index contributed by atoms with van der Waals surface area (Å²) in [6, 6.07) is -4.88. The van der Waals surface area contributed by atoms with Gasteiger partial charge in [0.15, 0.2) is 0 Å². The molecular formula is C25H40N4O12. The number of likely N-dealkylation sites (N-methyl/N-ethyl adjacent to an activating group) is 2. The second-order valence-corrected chi connectivity index (χ2v) is 9.60. The summed E-state index contributed by atoms with van der Waals surface area (Å²) in [4.78, 5) is 94.5. The lowest BCUT2D eigenvalue weighted by molar-refractivity contribution is -0.145. The summed E-state index contributed by atoms with van der Waals surface area (Å²) in [6.45, 7) is 0.741. The van der Waals surface area contributed by atoms with Gasteiger partial charge in [-0.1, -0.05) is 0 Å². The van der Waals surface area contributed by atoms with Crippen molar-refractivity contribution in [1.82, 2.24) is 20.9 Å². The minimum absolute atomic E-state index is 0.0368. The van der Waals surface area contributed by atoms with Crippen LogP contribution in [0.1, 0.15) is 58.3 Å². The van der Waals surface area contributed by atoms with Crippen LogP contribution in [0.2, 0.25) is 0 Å². The van der Waals surface area contributed by atoms with Gasteiger partial charge in [-0.05, 0) is 40.3 Å². The molecule has 0 heterocycles. The Balaban J connectivity index is 4.85. The molecule has 0 radical (unpaired) electrons. The second kappa shape index (κ2) is 19.3. The van der Waals surface area contributed by atoms with Gasteiger partial charge in [-0.15, -0.1) is 0 Å². The van der Waals surface area contributed by atoms with Gasteiger partial charge >= 0.3 is 23.9 Å². The Kier molecular flexibility index (Phi) is 17.6. The van der Waals surface area contributed by atoms with Crippen molar-refractivity contribution in [3.8, 4) is 0 Å². The molecule has 0 aromatic heterocycles. The molecule has 0 rings (SSSR count). The summed E-state index contributed by atoms with van der Waals surface area (Å²) in [5, 5.41) is 44.5. The van der Waals surface area contributed by atoms with Crippen molar-refractivity contribution in [2.75, 3.05) is 27.2 Å². The summed E-state index contributed by atoms with van der Waals surface area (Å²) >= 11 is 0. The fraction of sp³-hybridized carbons (Fsp3) is 0.680. The molecule has 41 heavy (non-hydrogen) atoms. The second-order valence-electron chi connectivity index (χ2n) is 9.60. The van der Waals surface area contributed by atoms with Crippen molar-refractivity contribution < 1.29 is 58.8 Å². The number of Topliss-reactive ketones (excluding diaryl/α,β-unsaturated/α-hetero) is 3. The quantitative estimate of drug-likeness (QED) is 0.0677. The molecule has 232 valence electrons. The average Bonchev–Trinajstić information content (AvgIpc) is 2.85. The van der Waals surface area contributed by atoms with Crippen molar-refractivity contribution in [3.05, 3.63) is 0 Å². The smallest absolute Gasteiger partial charge is 0.326 e. The molecule has 0 aromatic carbocycles. The predicted molar refractivity (Wildman–Crippen MR) is 141 cm³/mol. The number of nitrogens with one attached hydrogen (secondary N) is 3. The van der Waals surface area contributed by atoms with Crippen LogP contribution >= 0.6 is 0 Å². The summed E-state index contributed by atoms with van der Waals surface area (Å²) in [6.07, 6.45) is -1.42. The molecule has 0 spiro atoms. The number of aliphatic carboxylic acids is 4. The fourth-order valence-electron chi connectivity index (χ4n) is 3.81. The molecule has 0 fully saturated rings. The van der Waals surface area contributed by atoms with E-state index in [1.54, 1.807) is 0 Å². The topological polar surface area (TPSA) is 257 Å². The SMILES string of the molecule is CN[C@@H](CCC(=O)CCN[C@H](CC(=O)CN(C)[C@@H](CCC(=O)N[C@@H](CCC(C)=O)C(=O)O)C(=O)O)C(=O)O)C(=O)O. The van der Waals surface area contributed by atoms with E-state index in [9.17, 15) is 53.7 Å². The molecule has 0 unspecified atom stereocenters. The third kappa shape index (κ3) is 16.2. The molecule has 7 N–H and O–H groups in total. The minimum Gasteiger partial charge on any atom is -0.480 e. The summed E-state index contributed by atoms with van der Waals surface area (Å²) < 4.78 is 0. The number of carbonyl (C=O) groups is 8. The lowest BCUT2D eigenvalue weighted by Gasteiger charge is -2.24. The number of hydrogen-bond donors (Lipinski definition) is 7. The first kappa shape index (κ1) is 37.2. The van der Waals surface area contributed by atoms with Gasteiger partial charge < -0.3 is 41.2 Å². The standard InChI is InChI=1S/C25H40N4O12/c1-14(30)4-6-18(23(36)37)28-21(33)9-8-20(25(40)41)29(3)13-16(32)12-19(24(38)39)27-11-10-15(31)5-7-17(26-2)22(34)35/h17-20,26-27H,4-13H2,1-3H3,(H,28,33)(H,34,35)(H,36,37)(H,38,39)(H,40,41)/t17-,18-,19+,20-/m0/s1. The lowest BCUT2D eigenvalue weighted by atomic mass is 10.1. The van der Waals surface area contributed by atoms with Crippen molar-refractivity contribution in [2.24, 2.45) is 0 Å². The molecular weight excluding hydrogens is 548 g/mol. The Morgan fingerprint density at radius 1 is 0.683 bits per heavy atom. The normalized spacial score (nSPS) is 14.0. The number of carboxylic acid groups (broad SMARTS) is 4. The van der Waals surface area contributed by atoms with E-state index in [0.29, 0.717) is 0 Å². The van der Waals surface area contributed by atoms with Crippen LogP contribution in [0.15, 0.2) is 0 Å². The highest BCUT2D eigenvalue weighted by Crippen LogP contribution is 2.09. The van der Waals surface area contributed by atoms with Gasteiger partial charge in [0.2, 0.25) is 5.91 Å². The Hall–Kier alpha value is -3.76. The van der Waals surface area contributed by atoms with Gasteiger partial charge in [0.1, 0.15) is 41.5 Å². The van der Waals surface area contributed by atoms with Crippen LogP contribution in [-0.2, 0) is 38.4 Å². The first-order valence-electron chi connectivity index (χ1n) is 12.9. The van der Waals surface area contributed by atoms with Crippen LogP contribution < -0.4 is 16.0 Å². The van der Waals surface area contributed by atoms with Crippen LogP contribution in [0.5, 0.6) is 0 Å². The van der Waals surface area contributed by atoms with E-state index in [0.717, 1.165) is 4.90 Å². The zero-order chi connectivity index (χ0) is 31.7. The van der Waals surface area contributed by atoms with E-state index in [1.165, 1.54) is 21.0 Å². The molecule has 0 saturated carbocycles. The highest BCUT2D eigenvalue weighted by atomic mass is 16.4. The molecule has 1 amide bonds. The van der Waals surface area contributed by atoms with E-state index >= 15 is 0 Å². The maximum Gasteiger partial charge on any atom is 0.326 e. The number of nitrogens with zero attached hydrogens (tertiary/aromatic N) is 1. The largest absolute Gasteiger partial charge is 0.480 e. The Bertz CT molecular complexity index is 970. The third-order valence-electron chi connectivity index (χ3n) is 6.19. The first-order chi connectivity index (χ1) is 19.1. The highest BCUT2D eigenvalue weighted by molar-refractivity contribution is 5.88. The van der Waals surface area contributed by atoms with Crippen LogP contribution in [-0.4, -0.2) is 124 Å². The molecule has 0 aliphatic rings. The van der Waals surface area contributed by atoms with Crippen LogP contribution in [0.4, 0.5) is 0 Å². The number of rotatable bonds is 24. The Morgan fingerprint density at radius 2 is 1.24 bits per heavy atom. The number of carbonyl (C=O) groups excluding carboxylic acids is 4. The Morgan fingerprint density at radius 3 is 1.73 bits per heavy atom. The maximum atomic E-state index is 12.5. The van der Waals surface area contributed by atoms with Gasteiger partial charge in [0.25, 0.3) is 0 Å². The van der Waals surface area contributed by atoms with Crippen LogP contribution in [0, 0.1) is 0 Å². The fourth-order valence-corrected chi connectivity index (χ4v) is 3.81. The van der Waals surface area contributed by atoms with E-state index in [2.05, 4.69) is 16.0 Å². The molecule has 0 aliphatic heterocycles.